The summed E-state index contributed by atoms with van der Waals surface area (Å²) in [6, 6.07) is 5.13. The number of halogens is 3. The fraction of sp³-hybridized carbons (Fsp3) is 0.606. The average Bonchev–Trinajstić information content (AvgIpc) is 3.02. The molecule has 0 amide bonds. The number of piperidine rings is 1. The molecule has 5 rings (SSSR count). The van der Waals surface area contributed by atoms with E-state index in [1.54, 1.807) is 17.6 Å². The zero-order valence-corrected chi connectivity index (χ0v) is 26.9. The molecule has 2 saturated heterocycles. The van der Waals surface area contributed by atoms with Crippen LogP contribution in [0.1, 0.15) is 100 Å². The highest BCUT2D eigenvalue weighted by Gasteiger charge is 2.36. The van der Waals surface area contributed by atoms with Crippen molar-refractivity contribution in [2.75, 3.05) is 29.9 Å². The fourth-order valence-electron chi connectivity index (χ4n) is 6.68. The summed E-state index contributed by atoms with van der Waals surface area (Å²) in [4.78, 5) is 22.6. The van der Waals surface area contributed by atoms with Gasteiger partial charge >= 0.3 is 0 Å². The van der Waals surface area contributed by atoms with Crippen LogP contribution in [-0.2, 0) is 22.3 Å². The highest BCUT2D eigenvalue weighted by atomic mass is 32.2. The van der Waals surface area contributed by atoms with Gasteiger partial charge in [-0.1, -0.05) is 38.0 Å². The van der Waals surface area contributed by atoms with Gasteiger partial charge in [-0.05, 0) is 76.4 Å². The lowest BCUT2D eigenvalue weighted by Gasteiger charge is -2.26. The van der Waals surface area contributed by atoms with Crippen molar-refractivity contribution in [3.63, 3.8) is 0 Å². The minimum Gasteiger partial charge on any atom is -0.363 e. The van der Waals surface area contributed by atoms with Crippen LogP contribution in [0.3, 0.4) is 0 Å². The molecule has 1 atom stereocenters. The van der Waals surface area contributed by atoms with Gasteiger partial charge in [-0.25, -0.2) is 31.6 Å². The van der Waals surface area contributed by atoms with Gasteiger partial charge in [0.25, 0.3) is 11.5 Å². The van der Waals surface area contributed by atoms with E-state index in [2.05, 4.69) is 27.5 Å². The minimum absolute atomic E-state index is 0.0243. The molecule has 0 saturated carbocycles. The minimum atomic E-state index is -3.30. The number of aromatic nitrogens is 3. The number of hydrogen-bond acceptors (Lipinski definition) is 7. The van der Waals surface area contributed by atoms with Gasteiger partial charge in [-0.15, -0.1) is 0 Å². The summed E-state index contributed by atoms with van der Waals surface area (Å²) in [7, 11) is -3.13. The van der Waals surface area contributed by atoms with Gasteiger partial charge in [0.15, 0.2) is 0 Å². The predicted molar refractivity (Wildman–Crippen MR) is 171 cm³/mol. The number of alkyl halides is 2. The Balaban J connectivity index is 1.45. The van der Waals surface area contributed by atoms with Gasteiger partial charge in [-0.3, -0.25) is 9.36 Å². The second-order valence-electron chi connectivity index (χ2n) is 12.7. The molecular formula is C33H44F3N5O3S. The number of anilines is 1. The maximum atomic E-state index is 15.8. The van der Waals surface area contributed by atoms with Crippen molar-refractivity contribution in [2.45, 2.75) is 96.1 Å². The summed E-state index contributed by atoms with van der Waals surface area (Å²) < 4.78 is 72.4. The highest BCUT2D eigenvalue weighted by molar-refractivity contribution is 7.91. The molecule has 4 heterocycles. The van der Waals surface area contributed by atoms with Gasteiger partial charge < -0.3 is 10.6 Å². The Morgan fingerprint density at radius 1 is 1.11 bits per heavy atom. The average molecular weight is 648 g/mol. The lowest BCUT2D eigenvalue weighted by atomic mass is 9.89. The molecular weight excluding hydrogens is 603 g/mol. The molecule has 45 heavy (non-hydrogen) atoms. The van der Waals surface area contributed by atoms with Crippen molar-refractivity contribution >= 4 is 26.7 Å². The van der Waals surface area contributed by atoms with Crippen LogP contribution in [0.2, 0.25) is 0 Å². The molecule has 12 heteroatoms. The van der Waals surface area contributed by atoms with Gasteiger partial charge in [0, 0.05) is 24.1 Å². The van der Waals surface area contributed by atoms with E-state index >= 15 is 13.2 Å². The number of aryl methyl sites for hydroxylation is 1. The third kappa shape index (κ3) is 7.70. The van der Waals surface area contributed by atoms with Crippen molar-refractivity contribution in [1.29, 1.82) is 0 Å². The topological polar surface area (TPSA) is 106 Å². The molecule has 8 nitrogen and oxygen atoms in total. The molecule has 2 aliphatic heterocycles. The van der Waals surface area contributed by atoms with Crippen LogP contribution < -0.4 is 16.2 Å². The Labute approximate surface area is 263 Å². The first-order valence-electron chi connectivity index (χ1n) is 16.2. The van der Waals surface area contributed by atoms with Crippen molar-refractivity contribution in [1.82, 2.24) is 19.9 Å². The predicted octanol–water partition coefficient (Wildman–Crippen LogP) is 6.46. The van der Waals surface area contributed by atoms with Crippen LogP contribution in [0.15, 0.2) is 35.4 Å². The molecule has 2 aliphatic rings. The Hall–Kier alpha value is -2.99. The molecule has 0 spiro atoms. The van der Waals surface area contributed by atoms with Crippen molar-refractivity contribution in [3.05, 3.63) is 63.5 Å². The van der Waals surface area contributed by atoms with Crippen LogP contribution in [0.4, 0.5) is 19.0 Å². The van der Waals surface area contributed by atoms with E-state index < -0.39 is 39.6 Å². The van der Waals surface area contributed by atoms with Gasteiger partial charge in [-0.2, -0.15) is 0 Å². The number of benzene rings is 1. The molecule has 246 valence electrons. The standard InChI is InChI=1S/C33H44F3N5O3S/c1-3-4-5-17-41-31-27(20-26(32(41)42)24-12-18-45(43,44)19-13-24)30(38-21-39-31)40-22(2)25-7-6-8-28(29(25)34)33(35,36)14-9-23-10-15-37-16-11-23/h6-8,20-24,37H,3-5,9-19H2,1-2H3,(H,38,39,40)/t22-/m1/s1. The van der Waals surface area contributed by atoms with E-state index in [-0.39, 0.29) is 34.5 Å². The summed E-state index contributed by atoms with van der Waals surface area (Å²) in [5, 5.41) is 7.00. The fourth-order valence-corrected chi connectivity index (χ4v) is 8.17. The van der Waals surface area contributed by atoms with Crippen molar-refractivity contribution in [3.8, 4) is 0 Å². The van der Waals surface area contributed by atoms with Crippen LogP contribution in [0.5, 0.6) is 0 Å². The number of nitrogens with zero attached hydrogens (tertiary/aromatic N) is 3. The number of rotatable bonds is 12. The lowest BCUT2D eigenvalue weighted by molar-refractivity contribution is -0.0236. The monoisotopic (exact) mass is 647 g/mol. The van der Waals surface area contributed by atoms with Crippen LogP contribution in [-0.4, -0.2) is 47.5 Å². The number of unbranched alkanes of at least 4 members (excludes halogenated alkanes) is 2. The summed E-state index contributed by atoms with van der Waals surface area (Å²) in [5.74, 6) is -3.86. The second-order valence-corrected chi connectivity index (χ2v) is 15.0. The highest BCUT2D eigenvalue weighted by Crippen LogP contribution is 2.39. The first kappa shape index (κ1) is 33.4. The van der Waals surface area contributed by atoms with Gasteiger partial charge in [0.2, 0.25) is 0 Å². The van der Waals surface area contributed by atoms with E-state index in [0.717, 1.165) is 45.2 Å². The zero-order chi connectivity index (χ0) is 32.2. The lowest BCUT2D eigenvalue weighted by Crippen LogP contribution is -2.30. The molecule has 0 bridgehead atoms. The quantitative estimate of drug-likeness (QED) is 0.218. The summed E-state index contributed by atoms with van der Waals surface area (Å²) in [5.41, 5.74) is 0.239. The van der Waals surface area contributed by atoms with Crippen LogP contribution >= 0.6 is 0 Å². The smallest absolute Gasteiger partial charge is 0.276 e. The first-order chi connectivity index (χ1) is 21.5. The zero-order valence-electron chi connectivity index (χ0n) is 26.1. The molecule has 0 radical (unpaired) electrons. The molecule has 2 fully saturated rings. The van der Waals surface area contributed by atoms with Gasteiger partial charge in [0.1, 0.15) is 33.4 Å². The molecule has 1 aromatic carbocycles. The molecule has 0 aliphatic carbocycles. The SMILES string of the molecule is CCCCCn1c(=O)c(C2CCS(=O)(=O)CC2)cc2c(N[C@H](C)c3cccc(C(F)(F)CCC4CCNCC4)c3F)ncnc21. The molecule has 0 unspecified atom stereocenters. The van der Waals surface area contributed by atoms with Crippen molar-refractivity contribution < 1.29 is 21.6 Å². The Morgan fingerprint density at radius 2 is 1.84 bits per heavy atom. The maximum Gasteiger partial charge on any atom is 0.276 e. The van der Waals surface area contributed by atoms with Gasteiger partial charge in [0.05, 0.1) is 28.5 Å². The van der Waals surface area contributed by atoms with E-state index in [9.17, 15) is 13.2 Å². The number of nitrogens with one attached hydrogen (secondary N) is 2. The van der Waals surface area contributed by atoms with Crippen LogP contribution in [0, 0.1) is 11.7 Å². The maximum absolute atomic E-state index is 15.8. The molecule has 2 aromatic heterocycles. The van der Waals surface area contributed by atoms with Crippen LogP contribution in [0.25, 0.3) is 11.0 Å². The first-order valence-corrected chi connectivity index (χ1v) is 18.1. The molecule has 3 aromatic rings. The van der Waals surface area contributed by atoms with Crippen molar-refractivity contribution in [2.24, 2.45) is 5.92 Å². The van der Waals surface area contributed by atoms with E-state index in [1.165, 1.54) is 24.5 Å². The Bertz CT molecular complexity index is 1640. The normalized spacial score (nSPS) is 18.7. The number of pyridine rings is 1. The van der Waals surface area contributed by atoms with E-state index in [0.29, 0.717) is 48.2 Å². The summed E-state index contributed by atoms with van der Waals surface area (Å²) >= 11 is 0. The number of hydrogen-bond donors (Lipinski definition) is 2. The molecule has 2 N–H and O–H groups in total. The van der Waals surface area contributed by atoms with E-state index in [1.807, 2.05) is 0 Å². The van der Waals surface area contributed by atoms with E-state index in [4.69, 9.17) is 0 Å². The third-order valence-corrected chi connectivity index (χ3v) is 11.2. The largest absolute Gasteiger partial charge is 0.363 e. The number of sulfone groups is 1. The third-order valence-electron chi connectivity index (χ3n) is 9.46. The Kier molecular flexibility index (Phi) is 10.5. The second kappa shape index (κ2) is 14.2. The Morgan fingerprint density at radius 3 is 2.56 bits per heavy atom. The summed E-state index contributed by atoms with van der Waals surface area (Å²) in [6.45, 7) is 5.84. The summed E-state index contributed by atoms with van der Waals surface area (Å²) in [6.07, 6.45) is 6.33. The number of fused-ring (bicyclic) bond motifs is 1.